The van der Waals surface area contributed by atoms with Gasteiger partial charge in [0.2, 0.25) is 0 Å². The molecule has 0 spiro atoms. The van der Waals surface area contributed by atoms with Crippen LogP contribution in [-0.2, 0) is 6.18 Å². The van der Waals surface area contributed by atoms with Gasteiger partial charge in [0.05, 0.1) is 18.8 Å². The summed E-state index contributed by atoms with van der Waals surface area (Å²) in [5.74, 6) is 0. The van der Waals surface area contributed by atoms with E-state index in [9.17, 15) is 13.2 Å². The predicted molar refractivity (Wildman–Crippen MR) is 37.6 cm³/mol. The van der Waals surface area contributed by atoms with Crippen molar-refractivity contribution in [1.82, 2.24) is 10.2 Å². The van der Waals surface area contributed by atoms with E-state index in [4.69, 9.17) is 10.8 Å². The zero-order chi connectivity index (χ0) is 10.1. The number of hydrogen-bond acceptors (Lipinski definition) is 3. The monoisotopic (exact) mass is 195 g/mol. The topological polar surface area (TPSA) is 74.9 Å². The lowest BCUT2D eigenvalue weighted by molar-refractivity contribution is -0.142. The molecule has 0 saturated carbocycles. The Hall–Kier alpha value is -1.08. The Labute approximate surface area is 71.6 Å². The summed E-state index contributed by atoms with van der Waals surface area (Å²) in [7, 11) is 0. The number of rotatable bonds is 2. The van der Waals surface area contributed by atoms with E-state index in [2.05, 4.69) is 5.10 Å². The molecule has 0 saturated heterocycles. The van der Waals surface area contributed by atoms with Gasteiger partial charge in [-0.3, -0.25) is 5.10 Å². The molecule has 0 unspecified atom stereocenters. The molecule has 0 bridgehead atoms. The molecule has 0 aliphatic heterocycles. The number of nitrogens with zero attached hydrogens (tertiary/aromatic N) is 1. The number of alkyl halides is 3. The van der Waals surface area contributed by atoms with Crippen molar-refractivity contribution in [1.29, 1.82) is 0 Å². The van der Waals surface area contributed by atoms with Crippen LogP contribution in [-0.4, -0.2) is 21.9 Å². The smallest absolute Gasteiger partial charge is 0.394 e. The van der Waals surface area contributed by atoms with Crippen molar-refractivity contribution >= 4 is 0 Å². The van der Waals surface area contributed by atoms with E-state index in [1.165, 1.54) is 0 Å². The number of H-pyrrole nitrogens is 1. The Balaban J connectivity index is 3.03. The van der Waals surface area contributed by atoms with Gasteiger partial charge in [-0.1, -0.05) is 0 Å². The largest absolute Gasteiger partial charge is 0.433 e. The third kappa shape index (κ3) is 1.99. The van der Waals surface area contributed by atoms with E-state index < -0.39 is 24.5 Å². The second kappa shape index (κ2) is 3.35. The van der Waals surface area contributed by atoms with E-state index >= 15 is 0 Å². The first-order chi connectivity index (χ1) is 5.96. The van der Waals surface area contributed by atoms with Gasteiger partial charge in [-0.15, -0.1) is 0 Å². The van der Waals surface area contributed by atoms with E-state index in [1.807, 2.05) is 0 Å². The molecular formula is C6H8F3N3O. The molecule has 1 aromatic heterocycles. The Bertz CT molecular complexity index is 283. The van der Waals surface area contributed by atoms with Crippen molar-refractivity contribution in [3.8, 4) is 0 Å². The third-order valence-corrected chi connectivity index (χ3v) is 1.55. The maximum absolute atomic E-state index is 12.2. The van der Waals surface area contributed by atoms with Gasteiger partial charge in [-0.05, 0) is 0 Å². The Kier molecular flexibility index (Phi) is 2.58. The fraction of sp³-hybridized carbons (Fsp3) is 0.500. The molecule has 1 rings (SSSR count). The summed E-state index contributed by atoms with van der Waals surface area (Å²) < 4.78 is 36.5. The van der Waals surface area contributed by atoms with Crippen LogP contribution in [0.5, 0.6) is 0 Å². The molecule has 7 heteroatoms. The molecule has 0 aromatic carbocycles. The number of aromatic amines is 1. The molecule has 1 atom stereocenters. The number of halogens is 3. The molecule has 1 heterocycles. The number of hydrogen-bond donors (Lipinski definition) is 3. The molecule has 0 radical (unpaired) electrons. The van der Waals surface area contributed by atoms with E-state index in [0.717, 1.165) is 6.20 Å². The van der Waals surface area contributed by atoms with Crippen molar-refractivity contribution in [3.05, 3.63) is 17.5 Å². The van der Waals surface area contributed by atoms with Crippen LogP contribution < -0.4 is 5.73 Å². The standard InChI is InChI=1S/C6H8F3N3O/c7-6(8,9)5-3(1-11-12-5)4(10)2-13/h1,4,13H,2,10H2,(H,11,12)/t4-/m0/s1. The highest BCUT2D eigenvalue weighted by Gasteiger charge is 2.36. The first kappa shape index (κ1) is 10.0. The van der Waals surface area contributed by atoms with E-state index in [0.29, 0.717) is 0 Å². The van der Waals surface area contributed by atoms with Gasteiger partial charge in [0.1, 0.15) is 5.69 Å². The van der Waals surface area contributed by atoms with Crippen molar-refractivity contribution in [2.24, 2.45) is 5.73 Å². The Morgan fingerprint density at radius 3 is 2.69 bits per heavy atom. The van der Waals surface area contributed by atoms with Crippen LogP contribution in [0.15, 0.2) is 6.20 Å². The maximum atomic E-state index is 12.2. The highest BCUT2D eigenvalue weighted by Crippen LogP contribution is 2.31. The fourth-order valence-corrected chi connectivity index (χ4v) is 0.902. The fourth-order valence-electron chi connectivity index (χ4n) is 0.902. The first-order valence-electron chi connectivity index (χ1n) is 3.43. The number of aliphatic hydroxyl groups is 1. The van der Waals surface area contributed by atoms with E-state index in [-0.39, 0.29) is 5.56 Å². The van der Waals surface area contributed by atoms with Gasteiger partial charge >= 0.3 is 6.18 Å². The molecular weight excluding hydrogens is 187 g/mol. The molecule has 0 amide bonds. The van der Waals surface area contributed by atoms with Crippen molar-refractivity contribution < 1.29 is 18.3 Å². The van der Waals surface area contributed by atoms with Crippen molar-refractivity contribution in [2.45, 2.75) is 12.2 Å². The number of nitrogens with one attached hydrogen (secondary N) is 1. The summed E-state index contributed by atoms with van der Waals surface area (Å²) in [6, 6.07) is -1.06. The van der Waals surface area contributed by atoms with Crippen molar-refractivity contribution in [2.75, 3.05) is 6.61 Å². The molecule has 0 aliphatic rings. The lowest BCUT2D eigenvalue weighted by atomic mass is 10.1. The lowest BCUT2D eigenvalue weighted by Gasteiger charge is -2.10. The van der Waals surface area contributed by atoms with Crippen LogP contribution >= 0.6 is 0 Å². The highest BCUT2D eigenvalue weighted by atomic mass is 19.4. The van der Waals surface area contributed by atoms with Crippen LogP contribution in [0.1, 0.15) is 17.3 Å². The van der Waals surface area contributed by atoms with Crippen LogP contribution in [0.4, 0.5) is 13.2 Å². The van der Waals surface area contributed by atoms with Gasteiger partial charge < -0.3 is 10.8 Å². The minimum atomic E-state index is -4.52. The molecule has 4 N–H and O–H groups in total. The van der Waals surface area contributed by atoms with Gasteiger partial charge in [0.15, 0.2) is 0 Å². The van der Waals surface area contributed by atoms with Crippen LogP contribution in [0, 0.1) is 0 Å². The normalized spacial score (nSPS) is 14.5. The second-order valence-electron chi connectivity index (χ2n) is 2.49. The molecule has 1 aromatic rings. The summed E-state index contributed by atoms with van der Waals surface area (Å²) in [5, 5.41) is 13.6. The lowest BCUT2D eigenvalue weighted by Crippen LogP contribution is -2.19. The van der Waals surface area contributed by atoms with Gasteiger partial charge in [0.25, 0.3) is 0 Å². The molecule has 13 heavy (non-hydrogen) atoms. The summed E-state index contributed by atoms with van der Waals surface area (Å²) in [6.45, 7) is -0.553. The SMILES string of the molecule is N[C@@H](CO)c1cn[nH]c1C(F)(F)F. The zero-order valence-corrected chi connectivity index (χ0v) is 6.47. The van der Waals surface area contributed by atoms with Crippen molar-refractivity contribution in [3.63, 3.8) is 0 Å². The van der Waals surface area contributed by atoms with E-state index in [1.54, 1.807) is 5.10 Å². The summed E-state index contributed by atoms with van der Waals surface area (Å²) >= 11 is 0. The minimum Gasteiger partial charge on any atom is -0.394 e. The second-order valence-corrected chi connectivity index (χ2v) is 2.49. The minimum absolute atomic E-state index is 0.227. The Morgan fingerprint density at radius 2 is 2.23 bits per heavy atom. The summed E-state index contributed by atoms with van der Waals surface area (Å²) in [6.07, 6.45) is -3.55. The Morgan fingerprint density at radius 1 is 1.62 bits per heavy atom. The number of nitrogens with two attached hydrogens (primary N) is 1. The zero-order valence-electron chi connectivity index (χ0n) is 6.47. The maximum Gasteiger partial charge on any atom is 0.433 e. The van der Waals surface area contributed by atoms with Crippen LogP contribution in [0.3, 0.4) is 0 Å². The highest BCUT2D eigenvalue weighted by molar-refractivity contribution is 5.22. The number of aromatic nitrogens is 2. The van der Waals surface area contributed by atoms with Gasteiger partial charge in [-0.25, -0.2) is 0 Å². The summed E-state index contributed by atoms with van der Waals surface area (Å²) in [5.41, 5.74) is 3.99. The molecule has 0 fully saturated rings. The van der Waals surface area contributed by atoms with Gasteiger partial charge in [-0.2, -0.15) is 18.3 Å². The molecule has 0 aliphatic carbocycles. The molecule has 4 nitrogen and oxygen atoms in total. The predicted octanol–water partition coefficient (Wildman–Crippen LogP) is 0.421. The molecule has 74 valence electrons. The van der Waals surface area contributed by atoms with Crippen LogP contribution in [0.25, 0.3) is 0 Å². The van der Waals surface area contributed by atoms with Gasteiger partial charge in [0, 0.05) is 5.56 Å². The average molecular weight is 195 g/mol. The quantitative estimate of drug-likeness (QED) is 0.640. The average Bonchev–Trinajstić information content (AvgIpc) is 2.49. The summed E-state index contributed by atoms with van der Waals surface area (Å²) in [4.78, 5) is 0. The number of aliphatic hydroxyl groups excluding tert-OH is 1. The first-order valence-corrected chi connectivity index (χ1v) is 3.43. The van der Waals surface area contributed by atoms with Crippen LogP contribution in [0.2, 0.25) is 0 Å². The third-order valence-electron chi connectivity index (χ3n) is 1.55.